The molecule has 13 heteroatoms. The molecule has 36 heavy (non-hydrogen) atoms. The van der Waals surface area contributed by atoms with E-state index in [4.69, 9.17) is 28.0 Å². The van der Waals surface area contributed by atoms with E-state index in [0.717, 1.165) is 0 Å². The van der Waals surface area contributed by atoms with Gasteiger partial charge in [0.25, 0.3) is 0 Å². The summed E-state index contributed by atoms with van der Waals surface area (Å²) in [5.74, 6) is -6.41. The molecule has 2 heterocycles. The molecular formula is C23H28F2N6O4S. The van der Waals surface area contributed by atoms with Crippen molar-refractivity contribution >= 4 is 28.7 Å². The molecule has 0 amide bonds. The Morgan fingerprint density at radius 3 is 3.03 bits per heavy atom. The maximum atomic E-state index is 14.5. The summed E-state index contributed by atoms with van der Waals surface area (Å²) >= 11 is -0.269. The third-order valence-corrected chi connectivity index (χ3v) is 5.53. The van der Waals surface area contributed by atoms with Crippen LogP contribution in [-0.4, -0.2) is 83.5 Å². The van der Waals surface area contributed by atoms with Gasteiger partial charge in [-0.3, -0.25) is 0 Å². The van der Waals surface area contributed by atoms with Gasteiger partial charge in [0.05, 0.1) is 34.9 Å². The maximum Gasteiger partial charge on any atom is 0.191 e. The number of thioether (sulfide) groups is 1. The summed E-state index contributed by atoms with van der Waals surface area (Å²) in [7, 11) is 0. The van der Waals surface area contributed by atoms with E-state index < -0.39 is 139 Å². The van der Waals surface area contributed by atoms with Crippen molar-refractivity contribution < 1.29 is 52.1 Å². The fourth-order valence-corrected chi connectivity index (χ4v) is 3.69. The van der Waals surface area contributed by atoms with E-state index >= 15 is 0 Å². The molecule has 2 fully saturated rings. The normalized spacial score (nSPS) is 47.2. The van der Waals surface area contributed by atoms with E-state index in [2.05, 4.69) is 25.6 Å². The number of hydrogen-bond acceptors (Lipinski definition) is 10. The number of halogens is 2. The molecule has 0 radical (unpaired) electrons. The first-order valence-electron chi connectivity index (χ1n) is 18.6. The largest absolute Gasteiger partial charge is 0.394 e. The summed E-state index contributed by atoms with van der Waals surface area (Å²) in [6, 6.07) is -8.65. The van der Waals surface area contributed by atoms with E-state index in [1.807, 2.05) is 0 Å². The Balaban J connectivity index is 1.73. The number of ether oxygens (including phenoxy) is 1. The molecule has 5 rings (SSSR count). The van der Waals surface area contributed by atoms with Gasteiger partial charge in [0.15, 0.2) is 33.8 Å². The molecule has 2 aromatic heterocycles. The van der Waals surface area contributed by atoms with Crippen LogP contribution < -0.4 is 5.32 Å². The first-order valence-corrected chi connectivity index (χ1v) is 10.9. The minimum atomic E-state index is -4.14. The van der Waals surface area contributed by atoms with Gasteiger partial charge in [0, 0.05) is 37.7 Å². The van der Waals surface area contributed by atoms with Crippen LogP contribution in [0.5, 0.6) is 0 Å². The SMILES string of the molecule is [2H]c1c([2H])c(C2([2H])C[C@@H]2Nc2nc(SC([2H])([2H])C([2H])([2H])C([2H])([2H])[2H])nc3c2nnn3[C@]2([2H])C([2H])([2H])[C@]([2H])(OCCO)[C@@]([2H])(O)[C@@]2([2H])O)c([2H])c(F)c1F. The van der Waals surface area contributed by atoms with Gasteiger partial charge in [-0.15, -0.1) is 5.10 Å². The van der Waals surface area contributed by atoms with Crippen molar-refractivity contribution in [2.75, 3.05) is 24.2 Å². The highest BCUT2D eigenvalue weighted by molar-refractivity contribution is 7.99. The Hall–Kier alpha value is -2.45. The van der Waals surface area contributed by atoms with E-state index in [1.165, 1.54) is 0 Å². The van der Waals surface area contributed by atoms with Crippen LogP contribution in [0.1, 0.15) is 66.8 Å². The van der Waals surface area contributed by atoms with Crippen molar-refractivity contribution in [1.82, 2.24) is 25.0 Å². The maximum absolute atomic E-state index is 14.5. The number of nitrogens with zero attached hydrogens (tertiary/aromatic N) is 5. The molecule has 3 aromatic rings. The van der Waals surface area contributed by atoms with Crippen LogP contribution in [0.2, 0.25) is 0 Å². The molecule has 2 aliphatic rings. The Bertz CT molecular complexity index is 1960. The topological polar surface area (TPSA) is 138 Å². The standard InChI is InChI=1S/C23H28F2N6O4S/c1-2-7-36-23-27-21(26-15-9-12(15)11-3-4-13(24)14(25)8-11)18-22(28-23)31(30-29-18)16-10-17(35-6-5-32)20(34)19(16)33/h3-4,8,12,15-17,19-20,32-34H,2,5-7,9-10H2,1H3,(H,26,27,28)/t12?,15-,16+,17-,19-,20+/m0/s1/i1D3,2D2,3D,4D,7D2,8D,10D2,12D,16D,17D,19D,20D. The van der Waals surface area contributed by atoms with Crippen molar-refractivity contribution in [3.8, 4) is 0 Å². The lowest BCUT2D eigenvalue weighted by Gasteiger charge is -2.17. The fourth-order valence-electron chi connectivity index (χ4n) is 3.28. The van der Waals surface area contributed by atoms with Crippen LogP contribution >= 0.6 is 11.8 Å². The average Bonchev–Trinajstić information content (AvgIpc) is 3.45. The van der Waals surface area contributed by atoms with Crippen molar-refractivity contribution in [2.24, 2.45) is 0 Å². The lowest BCUT2D eigenvalue weighted by Crippen LogP contribution is -2.33. The van der Waals surface area contributed by atoms with Gasteiger partial charge in [-0.1, -0.05) is 29.9 Å². The number of benzene rings is 1. The number of nitrogens with one attached hydrogen (secondary N) is 1. The number of aliphatic hydroxyl groups is 3. The van der Waals surface area contributed by atoms with Gasteiger partial charge in [0.2, 0.25) is 0 Å². The van der Waals surface area contributed by atoms with Gasteiger partial charge in [-0.25, -0.2) is 23.4 Å². The number of hydrogen-bond donors (Lipinski definition) is 4. The average molecular weight is 540 g/mol. The van der Waals surface area contributed by atoms with Gasteiger partial charge >= 0.3 is 0 Å². The zero-order valence-electron chi connectivity index (χ0n) is 34.8. The second-order valence-electron chi connectivity index (χ2n) is 7.23. The summed E-state index contributed by atoms with van der Waals surface area (Å²) in [6.07, 6.45) is -19.8. The smallest absolute Gasteiger partial charge is 0.191 e. The minimum absolute atomic E-state index is 0.00467. The molecule has 0 saturated heterocycles. The summed E-state index contributed by atoms with van der Waals surface area (Å²) < 4.78 is 173. The molecule has 0 bridgehead atoms. The molecule has 2 saturated carbocycles. The Morgan fingerprint density at radius 2 is 2.22 bits per heavy atom. The molecule has 0 spiro atoms. The number of aromatic nitrogens is 5. The van der Waals surface area contributed by atoms with Gasteiger partial charge in [0.1, 0.15) is 12.2 Å². The molecule has 1 unspecified atom stereocenters. The molecular weight excluding hydrogens is 494 g/mol. The van der Waals surface area contributed by atoms with Crippen LogP contribution in [0.25, 0.3) is 11.2 Å². The van der Waals surface area contributed by atoms with Gasteiger partial charge < -0.3 is 25.4 Å². The summed E-state index contributed by atoms with van der Waals surface area (Å²) in [6.45, 7) is -5.44. The number of aliphatic hydroxyl groups excluding tert-OH is 1. The molecule has 6 atom stereocenters. The Kier molecular flexibility index (Phi) is 3.48. The second-order valence-corrected chi connectivity index (χ2v) is 8.01. The summed E-state index contributed by atoms with van der Waals surface area (Å²) in [5, 5.41) is 40.3. The minimum Gasteiger partial charge on any atom is -0.394 e. The van der Waals surface area contributed by atoms with Crippen molar-refractivity contribution in [2.45, 2.75) is 67.4 Å². The second kappa shape index (κ2) is 10.5. The monoisotopic (exact) mass is 539 g/mol. The van der Waals surface area contributed by atoms with Crippen LogP contribution in [0.3, 0.4) is 0 Å². The predicted molar refractivity (Wildman–Crippen MR) is 128 cm³/mol. The van der Waals surface area contributed by atoms with Crippen molar-refractivity contribution in [3.63, 3.8) is 0 Å². The first-order chi connectivity index (χ1) is 23.9. The highest BCUT2D eigenvalue weighted by Crippen LogP contribution is 2.44. The fraction of sp³-hybridized carbons (Fsp3) is 0.565. The highest BCUT2D eigenvalue weighted by Gasteiger charge is 2.45. The third kappa shape index (κ3) is 4.90. The van der Waals surface area contributed by atoms with Gasteiger partial charge in [-0.05, 0) is 30.4 Å². The van der Waals surface area contributed by atoms with Crippen LogP contribution in [0.15, 0.2) is 23.3 Å². The highest BCUT2D eigenvalue weighted by atomic mass is 32.2. The molecule has 0 aliphatic heterocycles. The molecule has 2 aliphatic carbocycles. The number of fused-ring (bicyclic) bond motifs is 1. The molecule has 1 aromatic carbocycles. The Morgan fingerprint density at radius 1 is 1.36 bits per heavy atom. The van der Waals surface area contributed by atoms with E-state index in [1.54, 1.807) is 0 Å². The van der Waals surface area contributed by atoms with E-state index in [-0.39, 0.29) is 16.4 Å². The number of rotatable bonds is 10. The van der Waals surface area contributed by atoms with E-state index in [9.17, 15) is 24.1 Å². The van der Waals surface area contributed by atoms with Crippen LogP contribution in [-0.2, 0) is 4.74 Å². The quantitative estimate of drug-likeness (QED) is 0.224. The van der Waals surface area contributed by atoms with Crippen molar-refractivity contribution in [1.29, 1.82) is 0 Å². The lowest BCUT2D eigenvalue weighted by molar-refractivity contribution is -0.0629. The Labute approximate surface area is 234 Å². The van der Waals surface area contributed by atoms with Gasteiger partial charge in [-0.2, -0.15) is 0 Å². The predicted octanol–water partition coefficient (Wildman–Crippen LogP) is 2.01. The third-order valence-electron chi connectivity index (χ3n) is 4.96. The zero-order valence-corrected chi connectivity index (χ0v) is 18.7. The van der Waals surface area contributed by atoms with E-state index in [0.29, 0.717) is 0 Å². The van der Waals surface area contributed by atoms with Crippen molar-refractivity contribution in [3.05, 3.63) is 35.3 Å². The summed E-state index contributed by atoms with van der Waals surface area (Å²) in [5.41, 5.74) is -5.78. The molecule has 4 N–H and O–H groups in total. The first kappa shape index (κ1) is 11.9. The molecule has 194 valence electrons. The van der Waals surface area contributed by atoms with Crippen LogP contribution in [0, 0.1) is 11.6 Å². The molecule has 10 nitrogen and oxygen atoms in total. The van der Waals surface area contributed by atoms with Crippen LogP contribution in [0.4, 0.5) is 14.6 Å². The number of anilines is 1. The lowest BCUT2D eigenvalue weighted by atomic mass is 10.1. The zero-order chi connectivity index (χ0) is 40.5. The summed E-state index contributed by atoms with van der Waals surface area (Å²) in [4.78, 5) is 7.90.